The molecule has 2 N–H and O–H groups in total. The molecular formula is C20H18N2O3. The van der Waals surface area contributed by atoms with E-state index in [1.54, 1.807) is 36.4 Å². The van der Waals surface area contributed by atoms with Crippen molar-refractivity contribution in [2.45, 2.75) is 13.1 Å². The molecule has 0 fully saturated rings. The first-order valence-corrected chi connectivity index (χ1v) is 7.91. The van der Waals surface area contributed by atoms with Crippen LogP contribution in [0.5, 0.6) is 0 Å². The lowest BCUT2D eigenvalue weighted by atomic mass is 10.1. The van der Waals surface area contributed by atoms with E-state index < -0.39 is 12.1 Å². The van der Waals surface area contributed by atoms with Crippen LogP contribution < -0.4 is 10.6 Å². The Morgan fingerprint density at radius 3 is 2.32 bits per heavy atom. The Labute approximate surface area is 145 Å². The number of carbonyl (C=O) groups excluding carboxylic acids is 2. The van der Waals surface area contributed by atoms with E-state index in [0.29, 0.717) is 5.56 Å². The first kappa shape index (κ1) is 16.5. The number of ketones is 1. The normalized spacial score (nSPS) is 11.6. The number of Topliss-reactive ketones (excluding diaryl/α,β-unsaturated/α-hetero) is 1. The number of nitrogens with one attached hydrogen (secondary N) is 2. The fourth-order valence-electron chi connectivity index (χ4n) is 2.44. The Morgan fingerprint density at radius 1 is 0.920 bits per heavy atom. The molecule has 0 unspecified atom stereocenters. The van der Waals surface area contributed by atoms with Gasteiger partial charge in [-0.1, -0.05) is 48.5 Å². The number of furan rings is 1. The van der Waals surface area contributed by atoms with Crippen molar-refractivity contribution in [2.75, 3.05) is 5.32 Å². The molecule has 1 aromatic heterocycles. The van der Waals surface area contributed by atoms with E-state index in [2.05, 4.69) is 10.6 Å². The molecule has 5 nitrogen and oxygen atoms in total. The second-order valence-electron chi connectivity index (χ2n) is 5.57. The highest BCUT2D eigenvalue weighted by molar-refractivity contribution is 6.04. The molecule has 126 valence electrons. The standard InChI is InChI=1S/C20H18N2O3/c1-14-8-5-6-11-16(14)21-19(18(23)15-9-3-2-4-10-15)22-20(24)17-12-7-13-25-17/h2-13,19,21H,1H3,(H,22,24)/t19-/m0/s1. The number of hydrogen-bond donors (Lipinski definition) is 2. The Hall–Kier alpha value is -3.34. The fourth-order valence-corrected chi connectivity index (χ4v) is 2.44. The highest BCUT2D eigenvalue weighted by Gasteiger charge is 2.24. The highest BCUT2D eigenvalue weighted by Crippen LogP contribution is 2.16. The second kappa shape index (κ2) is 7.49. The minimum Gasteiger partial charge on any atom is -0.459 e. The van der Waals surface area contributed by atoms with Crippen molar-refractivity contribution < 1.29 is 14.0 Å². The summed E-state index contributed by atoms with van der Waals surface area (Å²) >= 11 is 0. The van der Waals surface area contributed by atoms with Gasteiger partial charge in [0, 0.05) is 11.3 Å². The number of benzene rings is 2. The lowest BCUT2D eigenvalue weighted by Gasteiger charge is -2.21. The molecule has 0 saturated carbocycles. The molecule has 0 aliphatic carbocycles. The average molecular weight is 334 g/mol. The molecule has 1 amide bonds. The van der Waals surface area contributed by atoms with Crippen LogP contribution >= 0.6 is 0 Å². The van der Waals surface area contributed by atoms with Gasteiger partial charge in [0.2, 0.25) is 5.78 Å². The average Bonchev–Trinajstić information content (AvgIpc) is 3.18. The van der Waals surface area contributed by atoms with Crippen LogP contribution in [0.4, 0.5) is 5.69 Å². The molecule has 3 rings (SSSR count). The molecule has 5 heteroatoms. The van der Waals surface area contributed by atoms with Gasteiger partial charge in [-0.05, 0) is 30.7 Å². The maximum atomic E-state index is 12.9. The largest absolute Gasteiger partial charge is 0.459 e. The Bertz CT molecular complexity index is 858. The summed E-state index contributed by atoms with van der Waals surface area (Å²) in [5.74, 6) is -0.540. The first-order valence-electron chi connectivity index (χ1n) is 7.91. The SMILES string of the molecule is Cc1ccccc1N[C@@H](NC(=O)c1ccco1)C(=O)c1ccccc1. The summed E-state index contributed by atoms with van der Waals surface area (Å²) in [6, 6.07) is 19.6. The number of carbonyl (C=O) groups is 2. The van der Waals surface area contributed by atoms with Gasteiger partial charge in [-0.3, -0.25) is 9.59 Å². The Kier molecular flexibility index (Phi) is 4.95. The molecule has 0 saturated heterocycles. The van der Waals surface area contributed by atoms with Gasteiger partial charge in [0.25, 0.3) is 5.91 Å². The third-order valence-corrected chi connectivity index (χ3v) is 3.79. The third-order valence-electron chi connectivity index (χ3n) is 3.79. The third kappa shape index (κ3) is 3.95. The molecular weight excluding hydrogens is 316 g/mol. The number of hydrogen-bond acceptors (Lipinski definition) is 4. The van der Waals surface area contributed by atoms with Crippen LogP contribution in [0.2, 0.25) is 0 Å². The van der Waals surface area contributed by atoms with Gasteiger partial charge in [0.15, 0.2) is 11.9 Å². The van der Waals surface area contributed by atoms with Crippen molar-refractivity contribution >= 4 is 17.4 Å². The summed E-state index contributed by atoms with van der Waals surface area (Å²) in [7, 11) is 0. The molecule has 0 aliphatic heterocycles. The molecule has 1 atom stereocenters. The lowest BCUT2D eigenvalue weighted by Crippen LogP contribution is -2.46. The van der Waals surface area contributed by atoms with E-state index in [-0.39, 0.29) is 11.5 Å². The molecule has 0 radical (unpaired) electrons. The number of amides is 1. The van der Waals surface area contributed by atoms with E-state index in [4.69, 9.17) is 4.42 Å². The van der Waals surface area contributed by atoms with Gasteiger partial charge >= 0.3 is 0 Å². The van der Waals surface area contributed by atoms with E-state index in [0.717, 1.165) is 11.3 Å². The van der Waals surface area contributed by atoms with Crippen molar-refractivity contribution in [3.05, 3.63) is 89.9 Å². The van der Waals surface area contributed by atoms with E-state index in [1.807, 2.05) is 37.3 Å². The fraction of sp³-hybridized carbons (Fsp3) is 0.100. The summed E-state index contributed by atoms with van der Waals surface area (Å²) in [6.45, 7) is 1.93. The Balaban J connectivity index is 1.86. The molecule has 0 bridgehead atoms. The highest BCUT2D eigenvalue weighted by atomic mass is 16.3. The second-order valence-corrected chi connectivity index (χ2v) is 5.57. The van der Waals surface area contributed by atoms with Crippen molar-refractivity contribution in [1.82, 2.24) is 5.32 Å². The number of rotatable bonds is 6. The van der Waals surface area contributed by atoms with Gasteiger partial charge in [0.05, 0.1) is 6.26 Å². The van der Waals surface area contributed by atoms with E-state index in [9.17, 15) is 9.59 Å². The summed E-state index contributed by atoms with van der Waals surface area (Å²) < 4.78 is 5.10. The van der Waals surface area contributed by atoms with Crippen LogP contribution in [0.3, 0.4) is 0 Å². The van der Waals surface area contributed by atoms with Crippen molar-refractivity contribution in [2.24, 2.45) is 0 Å². The van der Waals surface area contributed by atoms with Crippen LogP contribution in [0.15, 0.2) is 77.4 Å². The quantitative estimate of drug-likeness (QED) is 0.533. The van der Waals surface area contributed by atoms with Crippen molar-refractivity contribution in [3.63, 3.8) is 0 Å². The zero-order chi connectivity index (χ0) is 17.6. The zero-order valence-corrected chi connectivity index (χ0v) is 13.7. The van der Waals surface area contributed by atoms with Gasteiger partial charge < -0.3 is 15.1 Å². The number of para-hydroxylation sites is 1. The van der Waals surface area contributed by atoms with Crippen molar-refractivity contribution in [3.8, 4) is 0 Å². The monoisotopic (exact) mass is 334 g/mol. The molecule has 3 aromatic rings. The predicted octanol–water partition coefficient (Wildman–Crippen LogP) is 3.64. The van der Waals surface area contributed by atoms with Gasteiger partial charge in [-0.2, -0.15) is 0 Å². The van der Waals surface area contributed by atoms with Gasteiger partial charge in [-0.25, -0.2) is 0 Å². The molecule has 0 spiro atoms. The first-order chi connectivity index (χ1) is 12.1. The Morgan fingerprint density at radius 2 is 1.64 bits per heavy atom. The van der Waals surface area contributed by atoms with E-state index in [1.165, 1.54) is 6.26 Å². The zero-order valence-electron chi connectivity index (χ0n) is 13.7. The van der Waals surface area contributed by atoms with Crippen LogP contribution in [0.25, 0.3) is 0 Å². The van der Waals surface area contributed by atoms with Gasteiger partial charge in [0.1, 0.15) is 0 Å². The van der Waals surface area contributed by atoms with Crippen LogP contribution in [0.1, 0.15) is 26.5 Å². The summed E-state index contributed by atoms with van der Waals surface area (Å²) in [5, 5.41) is 5.82. The molecule has 25 heavy (non-hydrogen) atoms. The predicted molar refractivity (Wildman–Crippen MR) is 95.5 cm³/mol. The maximum absolute atomic E-state index is 12.9. The minimum atomic E-state index is -0.916. The van der Waals surface area contributed by atoms with Crippen LogP contribution in [-0.2, 0) is 0 Å². The van der Waals surface area contributed by atoms with Crippen LogP contribution in [-0.4, -0.2) is 17.9 Å². The van der Waals surface area contributed by atoms with E-state index >= 15 is 0 Å². The maximum Gasteiger partial charge on any atom is 0.288 e. The smallest absolute Gasteiger partial charge is 0.288 e. The molecule has 1 heterocycles. The van der Waals surface area contributed by atoms with Crippen LogP contribution in [0, 0.1) is 6.92 Å². The number of aryl methyl sites for hydroxylation is 1. The molecule has 0 aliphatic rings. The lowest BCUT2D eigenvalue weighted by molar-refractivity contribution is 0.0852. The summed E-state index contributed by atoms with van der Waals surface area (Å²) in [5.41, 5.74) is 2.26. The van der Waals surface area contributed by atoms with Gasteiger partial charge in [-0.15, -0.1) is 0 Å². The van der Waals surface area contributed by atoms with Crippen molar-refractivity contribution in [1.29, 1.82) is 0 Å². The number of anilines is 1. The summed E-state index contributed by atoms with van der Waals surface area (Å²) in [4.78, 5) is 25.2. The minimum absolute atomic E-state index is 0.150. The molecule has 2 aromatic carbocycles. The topological polar surface area (TPSA) is 71.3 Å². The summed E-state index contributed by atoms with van der Waals surface area (Å²) in [6.07, 6.45) is 0.499.